The van der Waals surface area contributed by atoms with E-state index in [-0.39, 0.29) is 5.25 Å². The lowest BCUT2D eigenvalue weighted by atomic mass is 10.1. The van der Waals surface area contributed by atoms with E-state index in [4.69, 9.17) is 5.73 Å². The Hall–Kier alpha value is -1.73. The molecule has 0 bridgehead atoms. The van der Waals surface area contributed by atoms with Crippen molar-refractivity contribution in [1.82, 2.24) is 10.0 Å². The van der Waals surface area contributed by atoms with E-state index in [1.165, 1.54) is 5.56 Å². The summed E-state index contributed by atoms with van der Waals surface area (Å²) in [6, 6.07) is 16.4. The second-order valence-electron chi connectivity index (χ2n) is 7.11. The second-order valence-corrected chi connectivity index (χ2v) is 9.16. The first-order valence-corrected chi connectivity index (χ1v) is 11.2. The predicted octanol–water partition coefficient (Wildman–Crippen LogP) is 1.75. The fraction of sp³-hybridized carbons (Fsp3) is 0.429. The van der Waals surface area contributed by atoms with Crippen LogP contribution in [0.4, 0.5) is 0 Å². The van der Waals surface area contributed by atoms with E-state index in [2.05, 4.69) is 34.3 Å². The van der Waals surface area contributed by atoms with Gasteiger partial charge in [0.05, 0.1) is 5.25 Å². The Labute approximate surface area is 162 Å². The van der Waals surface area contributed by atoms with E-state index in [0.29, 0.717) is 32.5 Å². The SMILES string of the molecule is NCc1ccc(CCCNCCNS(=O)(=O)C2Cc3ccccc3C2)cc1. The molecule has 0 aromatic heterocycles. The number of nitrogens with two attached hydrogens (primary N) is 1. The molecule has 0 saturated heterocycles. The highest BCUT2D eigenvalue weighted by atomic mass is 32.2. The third kappa shape index (κ3) is 5.62. The Balaban J connectivity index is 1.31. The summed E-state index contributed by atoms with van der Waals surface area (Å²) in [4.78, 5) is 0. The summed E-state index contributed by atoms with van der Waals surface area (Å²) in [7, 11) is -3.27. The van der Waals surface area contributed by atoms with Crippen LogP contribution < -0.4 is 15.8 Å². The third-order valence-electron chi connectivity index (χ3n) is 5.14. The average Bonchev–Trinajstić information content (AvgIpc) is 3.13. The minimum atomic E-state index is -3.27. The second kappa shape index (κ2) is 9.46. The number of hydrogen-bond acceptors (Lipinski definition) is 4. The van der Waals surface area contributed by atoms with Gasteiger partial charge >= 0.3 is 0 Å². The van der Waals surface area contributed by atoms with Crippen LogP contribution in [0.2, 0.25) is 0 Å². The number of benzene rings is 2. The zero-order chi connectivity index (χ0) is 19.1. The molecule has 0 radical (unpaired) electrons. The maximum absolute atomic E-state index is 12.5. The number of hydrogen-bond donors (Lipinski definition) is 3. The highest BCUT2D eigenvalue weighted by Gasteiger charge is 2.31. The molecule has 0 amide bonds. The summed E-state index contributed by atoms with van der Waals surface area (Å²) in [5.74, 6) is 0. The average molecular weight is 388 g/mol. The standard InChI is InChI=1S/C21H29N3O2S/c22-16-18-9-7-17(8-10-18)4-3-11-23-12-13-24-27(25,26)21-14-19-5-1-2-6-20(19)15-21/h1-2,5-10,21,23-24H,3-4,11-16,22H2. The van der Waals surface area contributed by atoms with E-state index in [9.17, 15) is 8.42 Å². The summed E-state index contributed by atoms with van der Waals surface area (Å²) in [6.07, 6.45) is 3.25. The first-order valence-electron chi connectivity index (χ1n) is 9.62. The van der Waals surface area contributed by atoms with Gasteiger partial charge in [0.25, 0.3) is 0 Å². The first-order chi connectivity index (χ1) is 13.1. The summed E-state index contributed by atoms with van der Waals surface area (Å²) in [5.41, 5.74) is 10.4. The highest BCUT2D eigenvalue weighted by molar-refractivity contribution is 7.90. The Morgan fingerprint density at radius 1 is 0.889 bits per heavy atom. The van der Waals surface area contributed by atoms with Gasteiger partial charge in [-0.15, -0.1) is 0 Å². The molecular formula is C21H29N3O2S. The molecule has 5 nitrogen and oxygen atoms in total. The van der Waals surface area contributed by atoms with Gasteiger partial charge in [-0.1, -0.05) is 48.5 Å². The Morgan fingerprint density at radius 2 is 1.52 bits per heavy atom. The van der Waals surface area contributed by atoms with E-state index in [0.717, 1.165) is 36.1 Å². The van der Waals surface area contributed by atoms with E-state index in [1.807, 2.05) is 24.3 Å². The molecule has 0 fully saturated rings. The van der Waals surface area contributed by atoms with Gasteiger partial charge in [0.15, 0.2) is 0 Å². The molecule has 1 aliphatic rings. The molecule has 1 aliphatic carbocycles. The number of nitrogens with one attached hydrogen (secondary N) is 2. The van der Waals surface area contributed by atoms with Crippen LogP contribution in [0.1, 0.15) is 28.7 Å². The van der Waals surface area contributed by atoms with Crippen molar-refractivity contribution in [3.8, 4) is 0 Å². The normalized spacial score (nSPS) is 14.4. The molecule has 0 spiro atoms. The summed E-state index contributed by atoms with van der Waals surface area (Å²) in [5, 5.41) is 2.97. The van der Waals surface area contributed by atoms with Gasteiger partial charge in [-0.2, -0.15) is 0 Å². The van der Waals surface area contributed by atoms with Crippen molar-refractivity contribution in [2.45, 2.75) is 37.5 Å². The summed E-state index contributed by atoms with van der Waals surface area (Å²) in [6.45, 7) is 2.52. The van der Waals surface area contributed by atoms with Gasteiger partial charge < -0.3 is 11.1 Å². The number of rotatable bonds is 10. The molecule has 0 saturated carbocycles. The van der Waals surface area contributed by atoms with Crippen molar-refractivity contribution in [1.29, 1.82) is 0 Å². The van der Waals surface area contributed by atoms with Crippen LogP contribution in [0.3, 0.4) is 0 Å². The van der Waals surface area contributed by atoms with Gasteiger partial charge in [-0.3, -0.25) is 0 Å². The van der Waals surface area contributed by atoms with Crippen molar-refractivity contribution < 1.29 is 8.42 Å². The lowest BCUT2D eigenvalue weighted by Gasteiger charge is -2.13. The number of sulfonamides is 1. The number of aryl methyl sites for hydroxylation is 1. The van der Waals surface area contributed by atoms with Crippen molar-refractivity contribution in [3.63, 3.8) is 0 Å². The van der Waals surface area contributed by atoms with Crippen LogP contribution in [-0.4, -0.2) is 33.3 Å². The highest BCUT2D eigenvalue weighted by Crippen LogP contribution is 2.25. The molecular weight excluding hydrogens is 358 g/mol. The van der Waals surface area contributed by atoms with E-state index in [1.54, 1.807) is 0 Å². The third-order valence-corrected chi connectivity index (χ3v) is 6.95. The topological polar surface area (TPSA) is 84.2 Å². The first kappa shape index (κ1) is 20.0. The van der Waals surface area contributed by atoms with Crippen molar-refractivity contribution >= 4 is 10.0 Å². The van der Waals surface area contributed by atoms with Crippen molar-refractivity contribution in [3.05, 3.63) is 70.8 Å². The predicted molar refractivity (Wildman–Crippen MR) is 110 cm³/mol. The molecule has 0 atom stereocenters. The maximum Gasteiger partial charge on any atom is 0.215 e. The lowest BCUT2D eigenvalue weighted by molar-refractivity contribution is 0.560. The van der Waals surface area contributed by atoms with Crippen molar-refractivity contribution in [2.75, 3.05) is 19.6 Å². The van der Waals surface area contributed by atoms with Gasteiger partial charge in [-0.05, 0) is 54.5 Å². The molecule has 3 rings (SSSR count). The van der Waals surface area contributed by atoms with Crippen LogP contribution in [-0.2, 0) is 35.8 Å². The molecule has 4 N–H and O–H groups in total. The quantitative estimate of drug-likeness (QED) is 0.543. The molecule has 0 heterocycles. The lowest BCUT2D eigenvalue weighted by Crippen LogP contribution is -2.38. The Bertz CT molecular complexity index is 810. The van der Waals surface area contributed by atoms with E-state index >= 15 is 0 Å². The van der Waals surface area contributed by atoms with Crippen LogP contribution in [0.15, 0.2) is 48.5 Å². The van der Waals surface area contributed by atoms with Gasteiger partial charge in [0, 0.05) is 19.6 Å². The fourth-order valence-corrected chi connectivity index (χ4v) is 4.94. The molecule has 6 heteroatoms. The molecule has 0 unspecified atom stereocenters. The van der Waals surface area contributed by atoms with Gasteiger partial charge in [0.2, 0.25) is 10.0 Å². The Kier molecular flexibility index (Phi) is 7.01. The van der Waals surface area contributed by atoms with E-state index < -0.39 is 10.0 Å². The molecule has 0 aliphatic heterocycles. The summed E-state index contributed by atoms with van der Waals surface area (Å²) >= 11 is 0. The van der Waals surface area contributed by atoms with Crippen LogP contribution in [0, 0.1) is 0 Å². The molecule has 2 aromatic rings. The largest absolute Gasteiger partial charge is 0.326 e. The monoisotopic (exact) mass is 387 g/mol. The minimum absolute atomic E-state index is 0.341. The fourth-order valence-electron chi connectivity index (χ4n) is 3.52. The molecule has 146 valence electrons. The smallest absolute Gasteiger partial charge is 0.215 e. The van der Waals surface area contributed by atoms with Crippen LogP contribution in [0.25, 0.3) is 0 Å². The number of fused-ring (bicyclic) bond motifs is 1. The van der Waals surface area contributed by atoms with Crippen LogP contribution in [0.5, 0.6) is 0 Å². The summed E-state index contributed by atoms with van der Waals surface area (Å²) < 4.78 is 27.7. The zero-order valence-electron chi connectivity index (χ0n) is 15.7. The molecule has 2 aromatic carbocycles. The zero-order valence-corrected chi connectivity index (χ0v) is 16.5. The Morgan fingerprint density at radius 3 is 2.15 bits per heavy atom. The van der Waals surface area contributed by atoms with Gasteiger partial charge in [-0.25, -0.2) is 13.1 Å². The van der Waals surface area contributed by atoms with Gasteiger partial charge in [0.1, 0.15) is 0 Å². The minimum Gasteiger partial charge on any atom is -0.326 e. The maximum atomic E-state index is 12.5. The molecule has 27 heavy (non-hydrogen) atoms. The van der Waals surface area contributed by atoms with Crippen LogP contribution >= 0.6 is 0 Å². The van der Waals surface area contributed by atoms with Crippen molar-refractivity contribution in [2.24, 2.45) is 5.73 Å².